The third-order valence-electron chi connectivity index (χ3n) is 5.14. The molecule has 0 atom stereocenters. The van der Waals surface area contributed by atoms with Crippen molar-refractivity contribution in [2.75, 3.05) is 37.4 Å². The molecule has 1 saturated heterocycles. The molecule has 0 saturated carbocycles. The van der Waals surface area contributed by atoms with Gasteiger partial charge in [0.1, 0.15) is 4.90 Å². The molecule has 2 heterocycles. The van der Waals surface area contributed by atoms with E-state index in [0.717, 1.165) is 35.8 Å². The average molecular weight is 460 g/mol. The number of halogens is 1. The minimum atomic E-state index is -3.80. The normalized spacial score (nSPS) is 14.4. The number of para-hydroxylation sites is 2. The summed E-state index contributed by atoms with van der Waals surface area (Å²) in [5, 5.41) is 2.87. The van der Waals surface area contributed by atoms with Gasteiger partial charge in [-0.25, -0.2) is 22.7 Å². The van der Waals surface area contributed by atoms with Gasteiger partial charge in [-0.1, -0.05) is 23.7 Å². The first kappa shape index (κ1) is 21.5. The first-order chi connectivity index (χ1) is 14.8. The molecule has 1 aromatic heterocycles. The zero-order chi connectivity index (χ0) is 22.2. The third kappa shape index (κ3) is 4.21. The predicted molar refractivity (Wildman–Crippen MR) is 121 cm³/mol. The van der Waals surface area contributed by atoms with E-state index in [1.54, 1.807) is 0 Å². The van der Waals surface area contributed by atoms with E-state index in [9.17, 15) is 13.2 Å². The second kappa shape index (κ2) is 8.41. The number of nitrogens with one attached hydrogen (secondary N) is 1. The SMILES string of the molecule is CN(C)S(=O)(=O)c1cc(C(=O)Nc2nc3ccccc3nc2N2CCCC2)ccc1Cl. The highest BCUT2D eigenvalue weighted by molar-refractivity contribution is 7.89. The molecule has 8 nitrogen and oxygen atoms in total. The highest BCUT2D eigenvalue weighted by Gasteiger charge is 2.24. The van der Waals surface area contributed by atoms with Crippen LogP contribution in [0.1, 0.15) is 23.2 Å². The molecule has 3 aromatic rings. The fourth-order valence-electron chi connectivity index (χ4n) is 3.44. The Morgan fingerprint density at radius 2 is 1.71 bits per heavy atom. The van der Waals surface area contributed by atoms with E-state index in [4.69, 9.17) is 16.6 Å². The summed E-state index contributed by atoms with van der Waals surface area (Å²) in [5.74, 6) is 0.467. The minimum absolute atomic E-state index is 0.0495. The smallest absolute Gasteiger partial charge is 0.256 e. The number of rotatable bonds is 5. The average Bonchev–Trinajstić information content (AvgIpc) is 3.28. The molecule has 2 aromatic carbocycles. The third-order valence-corrected chi connectivity index (χ3v) is 7.44. The Hall–Kier alpha value is -2.75. The molecule has 1 aliphatic rings. The van der Waals surface area contributed by atoms with Crippen molar-refractivity contribution in [3.63, 3.8) is 0 Å². The summed E-state index contributed by atoms with van der Waals surface area (Å²) in [4.78, 5) is 24.3. The van der Waals surface area contributed by atoms with E-state index < -0.39 is 15.9 Å². The van der Waals surface area contributed by atoms with Crippen LogP contribution in [0.3, 0.4) is 0 Å². The van der Waals surface area contributed by atoms with E-state index in [2.05, 4.69) is 15.2 Å². The Morgan fingerprint density at radius 1 is 1.06 bits per heavy atom. The van der Waals surface area contributed by atoms with Crippen molar-refractivity contribution in [2.45, 2.75) is 17.7 Å². The van der Waals surface area contributed by atoms with Gasteiger partial charge >= 0.3 is 0 Å². The van der Waals surface area contributed by atoms with Crippen molar-refractivity contribution in [2.24, 2.45) is 0 Å². The molecule has 0 aliphatic carbocycles. The van der Waals surface area contributed by atoms with Crippen molar-refractivity contribution >= 4 is 50.2 Å². The lowest BCUT2D eigenvalue weighted by atomic mass is 10.2. The molecule has 1 aliphatic heterocycles. The maximum absolute atomic E-state index is 13.0. The van der Waals surface area contributed by atoms with Crippen LogP contribution in [-0.2, 0) is 10.0 Å². The number of nitrogens with zero attached hydrogens (tertiary/aromatic N) is 4. The monoisotopic (exact) mass is 459 g/mol. The topological polar surface area (TPSA) is 95.5 Å². The molecule has 0 radical (unpaired) electrons. The molecule has 162 valence electrons. The van der Waals surface area contributed by atoms with Gasteiger partial charge in [0.2, 0.25) is 10.0 Å². The van der Waals surface area contributed by atoms with Crippen molar-refractivity contribution in [1.29, 1.82) is 0 Å². The van der Waals surface area contributed by atoms with Crippen LogP contribution in [0.2, 0.25) is 5.02 Å². The van der Waals surface area contributed by atoms with E-state index in [1.807, 2.05) is 24.3 Å². The van der Waals surface area contributed by atoms with Gasteiger partial charge in [-0.05, 0) is 43.2 Å². The van der Waals surface area contributed by atoms with Crippen LogP contribution in [0.25, 0.3) is 11.0 Å². The van der Waals surface area contributed by atoms with Crippen molar-refractivity contribution in [3.8, 4) is 0 Å². The van der Waals surface area contributed by atoms with Gasteiger partial charge in [0.05, 0.1) is 16.1 Å². The number of hydrogen-bond donors (Lipinski definition) is 1. The molecule has 10 heteroatoms. The largest absolute Gasteiger partial charge is 0.354 e. The Kier molecular flexibility index (Phi) is 5.83. The highest BCUT2D eigenvalue weighted by atomic mass is 35.5. The van der Waals surface area contributed by atoms with Crippen LogP contribution in [0.15, 0.2) is 47.4 Å². The van der Waals surface area contributed by atoms with E-state index in [-0.39, 0.29) is 15.5 Å². The molecule has 0 bridgehead atoms. The van der Waals surface area contributed by atoms with Crippen LogP contribution in [0.5, 0.6) is 0 Å². The standard InChI is InChI=1S/C21H22ClN5O3S/c1-26(2)31(29,30)18-13-14(9-10-15(18)22)21(28)25-19-20(27-11-5-6-12-27)24-17-8-4-3-7-16(17)23-19/h3-4,7-10,13H,5-6,11-12H2,1-2H3,(H,23,25,28). The zero-order valence-electron chi connectivity index (χ0n) is 17.2. The van der Waals surface area contributed by atoms with Gasteiger partial charge in [-0.15, -0.1) is 0 Å². The van der Waals surface area contributed by atoms with Crippen LogP contribution >= 0.6 is 11.6 Å². The summed E-state index contributed by atoms with van der Waals surface area (Å²) < 4.78 is 26.1. The van der Waals surface area contributed by atoms with Crippen LogP contribution < -0.4 is 10.2 Å². The first-order valence-electron chi connectivity index (χ1n) is 9.82. The summed E-state index contributed by atoms with van der Waals surface area (Å²) >= 11 is 6.10. The summed E-state index contributed by atoms with van der Waals surface area (Å²) in [6, 6.07) is 11.6. The molecule has 1 fully saturated rings. The molecular formula is C21H22ClN5O3S. The maximum atomic E-state index is 13.0. The van der Waals surface area contributed by atoms with Crippen LogP contribution in [0.4, 0.5) is 11.6 Å². The van der Waals surface area contributed by atoms with Crippen molar-refractivity contribution < 1.29 is 13.2 Å². The van der Waals surface area contributed by atoms with Crippen LogP contribution in [0, 0.1) is 0 Å². The van der Waals surface area contributed by atoms with Gasteiger partial charge < -0.3 is 10.2 Å². The lowest BCUT2D eigenvalue weighted by Gasteiger charge is -2.20. The lowest BCUT2D eigenvalue weighted by Crippen LogP contribution is -2.24. The Bertz CT molecular complexity index is 1260. The summed E-state index contributed by atoms with van der Waals surface area (Å²) in [6.45, 7) is 1.67. The molecular weight excluding hydrogens is 438 g/mol. The van der Waals surface area contributed by atoms with E-state index in [0.29, 0.717) is 17.2 Å². The summed E-state index contributed by atoms with van der Waals surface area (Å²) in [7, 11) is -0.985. The Morgan fingerprint density at radius 3 is 2.35 bits per heavy atom. The molecule has 1 N–H and O–H groups in total. The molecule has 4 rings (SSSR count). The maximum Gasteiger partial charge on any atom is 0.256 e. The number of carbonyl (C=O) groups is 1. The van der Waals surface area contributed by atoms with E-state index in [1.165, 1.54) is 32.3 Å². The van der Waals surface area contributed by atoms with E-state index >= 15 is 0 Å². The Labute approximate surface area is 185 Å². The van der Waals surface area contributed by atoms with Crippen LogP contribution in [-0.4, -0.2) is 55.8 Å². The second-order valence-electron chi connectivity index (χ2n) is 7.47. The molecule has 31 heavy (non-hydrogen) atoms. The second-order valence-corrected chi connectivity index (χ2v) is 9.99. The molecule has 0 spiro atoms. The number of anilines is 2. The van der Waals surface area contributed by atoms with Gasteiger partial charge in [0.15, 0.2) is 11.6 Å². The van der Waals surface area contributed by atoms with Gasteiger partial charge in [-0.3, -0.25) is 4.79 Å². The number of amides is 1. The minimum Gasteiger partial charge on any atom is -0.354 e. The first-order valence-corrected chi connectivity index (χ1v) is 11.6. The number of carbonyl (C=O) groups excluding carboxylic acids is 1. The van der Waals surface area contributed by atoms with Gasteiger partial charge in [0.25, 0.3) is 5.91 Å². The number of benzene rings is 2. The zero-order valence-corrected chi connectivity index (χ0v) is 18.7. The highest BCUT2D eigenvalue weighted by Crippen LogP contribution is 2.29. The number of sulfonamides is 1. The number of aromatic nitrogens is 2. The van der Waals surface area contributed by atoms with Gasteiger partial charge in [0, 0.05) is 32.7 Å². The number of hydrogen-bond acceptors (Lipinski definition) is 6. The van der Waals surface area contributed by atoms with Crippen molar-refractivity contribution in [1.82, 2.24) is 14.3 Å². The number of fused-ring (bicyclic) bond motifs is 1. The fraction of sp³-hybridized carbons (Fsp3) is 0.286. The molecule has 0 unspecified atom stereocenters. The fourth-order valence-corrected chi connectivity index (χ4v) is 4.84. The quantitative estimate of drug-likeness (QED) is 0.628. The van der Waals surface area contributed by atoms with Crippen molar-refractivity contribution in [3.05, 3.63) is 53.1 Å². The summed E-state index contributed by atoms with van der Waals surface area (Å²) in [6.07, 6.45) is 2.09. The molecule has 1 amide bonds. The predicted octanol–water partition coefficient (Wildman–Crippen LogP) is 3.39. The Balaban J connectivity index is 1.73. The lowest BCUT2D eigenvalue weighted by molar-refractivity contribution is 0.102. The van der Waals surface area contributed by atoms with Gasteiger partial charge in [-0.2, -0.15) is 0 Å². The summed E-state index contributed by atoms with van der Waals surface area (Å²) in [5.41, 5.74) is 1.56.